The van der Waals surface area contributed by atoms with Crippen molar-refractivity contribution in [1.82, 2.24) is 10.2 Å². The van der Waals surface area contributed by atoms with Crippen LogP contribution in [0.15, 0.2) is 54.6 Å². The summed E-state index contributed by atoms with van der Waals surface area (Å²) in [6.45, 7) is 4.70. The van der Waals surface area contributed by atoms with E-state index in [1.54, 1.807) is 24.3 Å². The van der Waals surface area contributed by atoms with E-state index in [2.05, 4.69) is 5.32 Å². The van der Waals surface area contributed by atoms with Crippen molar-refractivity contribution in [1.29, 1.82) is 0 Å². The van der Waals surface area contributed by atoms with Gasteiger partial charge in [0, 0.05) is 23.9 Å². The molecule has 1 saturated heterocycles. The SMILES string of the molecule is CC(C)N(C(=O)CN1C(=O)NC(C)(c2cccc([N+](=O)[O-])c2)C1=O)c1ccccc1. The maximum Gasteiger partial charge on any atom is 0.325 e. The van der Waals surface area contributed by atoms with Crippen LogP contribution in [0.1, 0.15) is 26.3 Å². The van der Waals surface area contributed by atoms with E-state index in [0.29, 0.717) is 5.69 Å². The van der Waals surface area contributed by atoms with E-state index in [1.807, 2.05) is 19.9 Å². The van der Waals surface area contributed by atoms with E-state index in [1.165, 1.54) is 36.1 Å². The molecule has 156 valence electrons. The molecule has 1 fully saturated rings. The highest BCUT2D eigenvalue weighted by Crippen LogP contribution is 2.31. The van der Waals surface area contributed by atoms with Crippen molar-refractivity contribution in [3.05, 3.63) is 70.3 Å². The summed E-state index contributed by atoms with van der Waals surface area (Å²) >= 11 is 0. The molecule has 0 bridgehead atoms. The molecule has 0 radical (unpaired) electrons. The number of anilines is 1. The van der Waals surface area contributed by atoms with Gasteiger partial charge in [-0.05, 0) is 38.5 Å². The molecular weight excluding hydrogens is 388 g/mol. The van der Waals surface area contributed by atoms with Crippen LogP contribution < -0.4 is 10.2 Å². The Balaban J connectivity index is 1.87. The van der Waals surface area contributed by atoms with Crippen molar-refractivity contribution >= 4 is 29.2 Å². The van der Waals surface area contributed by atoms with Gasteiger partial charge in [0.05, 0.1) is 4.92 Å². The van der Waals surface area contributed by atoms with Gasteiger partial charge in [-0.15, -0.1) is 0 Å². The lowest BCUT2D eigenvalue weighted by molar-refractivity contribution is -0.385. The average Bonchev–Trinajstić information content (AvgIpc) is 2.93. The number of hydrogen-bond acceptors (Lipinski definition) is 5. The number of non-ortho nitro benzene ring substituents is 1. The fraction of sp³-hybridized carbons (Fsp3) is 0.286. The topological polar surface area (TPSA) is 113 Å². The maximum absolute atomic E-state index is 13.1. The summed E-state index contributed by atoms with van der Waals surface area (Å²) in [6.07, 6.45) is 0. The number of imide groups is 1. The normalized spacial score (nSPS) is 18.5. The third-order valence-electron chi connectivity index (χ3n) is 5.02. The van der Waals surface area contributed by atoms with E-state index in [0.717, 1.165) is 4.90 Å². The zero-order chi connectivity index (χ0) is 22.1. The number of carbonyl (C=O) groups excluding carboxylic acids is 3. The number of nitrogens with one attached hydrogen (secondary N) is 1. The van der Waals surface area contributed by atoms with Gasteiger partial charge in [-0.25, -0.2) is 4.79 Å². The van der Waals surface area contributed by atoms with Gasteiger partial charge in [0.2, 0.25) is 5.91 Å². The second kappa shape index (κ2) is 7.94. The summed E-state index contributed by atoms with van der Waals surface area (Å²) in [7, 11) is 0. The molecular formula is C21H22N4O5. The molecule has 9 nitrogen and oxygen atoms in total. The van der Waals surface area contributed by atoms with Crippen LogP contribution in [0.3, 0.4) is 0 Å². The molecule has 2 aromatic rings. The number of amides is 4. The Kier molecular flexibility index (Phi) is 5.55. The first-order chi connectivity index (χ1) is 14.1. The first-order valence-corrected chi connectivity index (χ1v) is 9.41. The highest BCUT2D eigenvalue weighted by atomic mass is 16.6. The predicted octanol–water partition coefficient (Wildman–Crippen LogP) is 2.80. The number of nitro groups is 1. The molecule has 0 saturated carbocycles. The number of carbonyl (C=O) groups is 3. The second-order valence-electron chi connectivity index (χ2n) is 7.45. The molecule has 9 heteroatoms. The fourth-order valence-corrected chi connectivity index (χ4v) is 3.50. The van der Waals surface area contributed by atoms with E-state index >= 15 is 0 Å². The molecule has 0 spiro atoms. The van der Waals surface area contributed by atoms with Crippen LogP contribution in [-0.4, -0.2) is 40.3 Å². The molecule has 1 aliphatic heterocycles. The van der Waals surface area contributed by atoms with Crippen molar-refractivity contribution in [2.45, 2.75) is 32.4 Å². The van der Waals surface area contributed by atoms with Gasteiger partial charge in [-0.1, -0.05) is 30.3 Å². The van der Waals surface area contributed by atoms with Crippen molar-refractivity contribution < 1.29 is 19.3 Å². The summed E-state index contributed by atoms with van der Waals surface area (Å²) in [6, 6.07) is 13.6. The molecule has 0 aromatic heterocycles. The Bertz CT molecular complexity index is 1010. The van der Waals surface area contributed by atoms with Gasteiger partial charge in [-0.2, -0.15) is 0 Å². The van der Waals surface area contributed by atoms with Gasteiger partial charge in [0.15, 0.2) is 0 Å². The van der Waals surface area contributed by atoms with Crippen LogP contribution in [0.4, 0.5) is 16.2 Å². The quantitative estimate of drug-likeness (QED) is 0.447. The minimum atomic E-state index is -1.50. The summed E-state index contributed by atoms with van der Waals surface area (Å²) in [4.78, 5) is 51.5. The molecule has 2 aromatic carbocycles. The number of hydrogen-bond donors (Lipinski definition) is 1. The predicted molar refractivity (Wildman–Crippen MR) is 110 cm³/mol. The summed E-state index contributed by atoms with van der Waals surface area (Å²) in [5.74, 6) is -1.05. The molecule has 1 aliphatic rings. The number of nitrogens with zero attached hydrogens (tertiary/aromatic N) is 3. The van der Waals surface area contributed by atoms with Crippen molar-refractivity contribution in [3.63, 3.8) is 0 Å². The molecule has 30 heavy (non-hydrogen) atoms. The van der Waals surface area contributed by atoms with Crippen molar-refractivity contribution in [2.24, 2.45) is 0 Å². The zero-order valence-corrected chi connectivity index (χ0v) is 16.9. The Morgan fingerprint density at radius 1 is 1.17 bits per heavy atom. The van der Waals surface area contributed by atoms with Gasteiger partial charge < -0.3 is 10.2 Å². The van der Waals surface area contributed by atoms with E-state index in [4.69, 9.17) is 0 Å². The molecule has 0 aliphatic carbocycles. The largest absolute Gasteiger partial charge is 0.325 e. The Hall–Kier alpha value is -3.75. The number of nitro benzene ring substituents is 1. The van der Waals surface area contributed by atoms with Gasteiger partial charge >= 0.3 is 6.03 Å². The lowest BCUT2D eigenvalue weighted by atomic mass is 9.91. The third-order valence-corrected chi connectivity index (χ3v) is 5.02. The van der Waals surface area contributed by atoms with Crippen molar-refractivity contribution in [2.75, 3.05) is 11.4 Å². The number of benzene rings is 2. The van der Waals surface area contributed by atoms with Crippen LogP contribution >= 0.6 is 0 Å². The van der Waals surface area contributed by atoms with Crippen molar-refractivity contribution in [3.8, 4) is 0 Å². The van der Waals surface area contributed by atoms with Crippen LogP contribution in [0.2, 0.25) is 0 Å². The molecule has 4 amide bonds. The number of rotatable bonds is 6. The minimum absolute atomic E-state index is 0.191. The summed E-state index contributed by atoms with van der Waals surface area (Å²) in [5, 5.41) is 13.6. The third kappa shape index (κ3) is 3.73. The summed E-state index contributed by atoms with van der Waals surface area (Å²) in [5.41, 5.74) is -0.765. The van der Waals surface area contributed by atoms with Gasteiger partial charge in [0.25, 0.3) is 11.6 Å². The molecule has 1 N–H and O–H groups in total. The van der Waals surface area contributed by atoms with Crippen LogP contribution in [0.25, 0.3) is 0 Å². The monoisotopic (exact) mass is 410 g/mol. The first-order valence-electron chi connectivity index (χ1n) is 9.41. The number of urea groups is 1. The van der Waals surface area contributed by atoms with Crippen LogP contribution in [0, 0.1) is 10.1 Å². The van der Waals surface area contributed by atoms with E-state index < -0.39 is 34.9 Å². The number of para-hydroxylation sites is 1. The van der Waals surface area contributed by atoms with Crippen LogP contribution in [0.5, 0.6) is 0 Å². The van der Waals surface area contributed by atoms with Gasteiger partial charge in [-0.3, -0.25) is 24.6 Å². The zero-order valence-electron chi connectivity index (χ0n) is 16.9. The Morgan fingerprint density at radius 3 is 2.43 bits per heavy atom. The summed E-state index contributed by atoms with van der Waals surface area (Å²) < 4.78 is 0. The van der Waals surface area contributed by atoms with E-state index in [9.17, 15) is 24.5 Å². The fourth-order valence-electron chi connectivity index (χ4n) is 3.50. The highest BCUT2D eigenvalue weighted by molar-refractivity contribution is 6.10. The smallest absolute Gasteiger partial charge is 0.319 e. The standard InChI is InChI=1S/C21H22N4O5/c1-14(2)24(16-9-5-4-6-10-16)18(26)13-23-19(27)21(3,22-20(23)28)15-8-7-11-17(12-15)25(29)30/h4-12,14H,13H2,1-3H3,(H,22,28). The maximum atomic E-state index is 13.1. The minimum Gasteiger partial charge on any atom is -0.319 e. The second-order valence-corrected chi connectivity index (χ2v) is 7.45. The Morgan fingerprint density at radius 2 is 1.83 bits per heavy atom. The highest BCUT2D eigenvalue weighted by Gasteiger charge is 2.50. The van der Waals surface area contributed by atoms with Gasteiger partial charge in [0.1, 0.15) is 12.1 Å². The lowest BCUT2D eigenvalue weighted by Crippen LogP contribution is -2.46. The molecule has 3 rings (SSSR count). The lowest BCUT2D eigenvalue weighted by Gasteiger charge is -2.28. The van der Waals surface area contributed by atoms with Crippen LogP contribution in [-0.2, 0) is 15.1 Å². The molecule has 1 unspecified atom stereocenters. The first kappa shape index (κ1) is 21.0. The molecule has 1 heterocycles. The molecule has 1 atom stereocenters. The average molecular weight is 410 g/mol. The van der Waals surface area contributed by atoms with E-state index in [-0.39, 0.29) is 17.3 Å². The Labute approximate surface area is 173 Å².